The summed E-state index contributed by atoms with van der Waals surface area (Å²) in [4.78, 5) is 78.0. The van der Waals surface area contributed by atoms with Gasteiger partial charge in [0.1, 0.15) is 25.2 Å². The highest BCUT2D eigenvalue weighted by Gasteiger charge is 2.43. The van der Waals surface area contributed by atoms with E-state index in [1.54, 1.807) is 20.8 Å². The van der Waals surface area contributed by atoms with Crippen molar-refractivity contribution >= 4 is 35.5 Å². The van der Waals surface area contributed by atoms with Crippen LogP contribution in [0.4, 0.5) is 18.0 Å². The minimum absolute atomic E-state index is 0.0324. The lowest BCUT2D eigenvalue weighted by Crippen LogP contribution is -2.60. The molecule has 5 amide bonds. The second kappa shape index (κ2) is 22.5. The van der Waals surface area contributed by atoms with Gasteiger partial charge in [-0.3, -0.25) is 24.0 Å². The molecule has 1 saturated carbocycles. The number of carbonyl (C=O) groups excluding carboxylic acids is 6. The highest BCUT2D eigenvalue weighted by atomic mass is 19.4. The second-order valence-electron chi connectivity index (χ2n) is 13.4. The summed E-state index contributed by atoms with van der Waals surface area (Å²) in [6.45, 7) is 14.7. The molecule has 3 unspecified atom stereocenters. The number of Topliss-reactive ketones (excluding diaryl/α,β-unsaturated/α-hetero) is 1. The van der Waals surface area contributed by atoms with Crippen molar-refractivity contribution < 1.29 is 46.7 Å². The van der Waals surface area contributed by atoms with Gasteiger partial charge in [-0.15, -0.1) is 6.58 Å². The van der Waals surface area contributed by atoms with Crippen LogP contribution in [0.15, 0.2) is 43.0 Å². The van der Waals surface area contributed by atoms with Crippen LogP contribution in [0.3, 0.4) is 0 Å². The zero-order chi connectivity index (χ0) is 39.5. The number of hydrogen-bond acceptors (Lipinski definition) is 7. The lowest BCUT2D eigenvalue weighted by atomic mass is 9.85. The molecule has 1 aliphatic heterocycles. The first-order chi connectivity index (χ1) is 24.5. The maximum atomic E-state index is 13.7. The summed E-state index contributed by atoms with van der Waals surface area (Å²) < 4.78 is 39.2. The number of halogens is 3. The molecule has 1 aromatic rings. The second-order valence-corrected chi connectivity index (χ2v) is 13.4. The Labute approximate surface area is 305 Å². The number of alkyl halides is 3. The quantitative estimate of drug-likeness (QED) is 0.112. The van der Waals surface area contributed by atoms with Crippen molar-refractivity contribution in [3.05, 3.63) is 48.6 Å². The molecular weight excluding hydrogens is 683 g/mol. The first-order valence-corrected chi connectivity index (χ1v) is 17.8. The molecule has 2 aliphatic rings. The Kier molecular flexibility index (Phi) is 19.7. The number of esters is 1. The molecule has 3 atom stereocenters. The van der Waals surface area contributed by atoms with Gasteiger partial charge in [0.25, 0.3) is 5.91 Å². The predicted octanol–water partition coefficient (Wildman–Crippen LogP) is 4.97. The molecule has 15 heteroatoms. The third-order valence-corrected chi connectivity index (χ3v) is 7.92. The van der Waals surface area contributed by atoms with Crippen LogP contribution >= 0.6 is 0 Å². The standard InChI is InChI=1S/C30H43N5O7.C5H7F3.C2H6/c1-6-12-21(24(37)27(39)31-16-7-2)33-26(38)22-15-11-17-35(22)28(40)25(30(3,4)5)34-29(41)32-18-23(36)42-19-20-13-9-8-10-14-20;6-5(7,8)3-4-1-2-4;1-2/h7-10,13-14,21-22,25H,2,6,11-12,15-19H2,1,3-5H3,(H,31,39)(H,33,38)(H2,32,34,41);4H,1-3H2;1-2H3. The Balaban J connectivity index is 0.00000117. The predicted molar refractivity (Wildman–Crippen MR) is 191 cm³/mol. The van der Waals surface area contributed by atoms with Gasteiger partial charge < -0.3 is 30.9 Å². The van der Waals surface area contributed by atoms with Crippen molar-refractivity contribution in [2.24, 2.45) is 11.3 Å². The molecule has 1 aromatic carbocycles. The summed E-state index contributed by atoms with van der Waals surface area (Å²) in [6.07, 6.45) is 0.234. The molecule has 3 rings (SSSR count). The van der Waals surface area contributed by atoms with Gasteiger partial charge in [-0.1, -0.05) is 84.4 Å². The minimum atomic E-state index is -3.92. The number of rotatable bonds is 15. The molecule has 1 aliphatic carbocycles. The van der Waals surface area contributed by atoms with E-state index in [9.17, 15) is 41.9 Å². The average molecular weight is 740 g/mol. The summed E-state index contributed by atoms with van der Waals surface area (Å²) >= 11 is 0. The van der Waals surface area contributed by atoms with Gasteiger partial charge >= 0.3 is 18.2 Å². The summed E-state index contributed by atoms with van der Waals surface area (Å²) in [5.41, 5.74) is 0.0646. The van der Waals surface area contributed by atoms with E-state index in [-0.39, 0.29) is 32.0 Å². The van der Waals surface area contributed by atoms with E-state index in [2.05, 4.69) is 27.8 Å². The number of benzene rings is 1. The third-order valence-electron chi connectivity index (χ3n) is 7.92. The van der Waals surface area contributed by atoms with E-state index in [1.165, 1.54) is 11.0 Å². The van der Waals surface area contributed by atoms with Gasteiger partial charge in [0.2, 0.25) is 17.6 Å². The Morgan fingerprint density at radius 3 is 2.13 bits per heavy atom. The first kappa shape index (κ1) is 45.6. The zero-order valence-corrected chi connectivity index (χ0v) is 31.2. The Hall–Kier alpha value is -4.43. The van der Waals surface area contributed by atoms with Crippen LogP contribution in [-0.4, -0.2) is 84.3 Å². The number of carbonyl (C=O) groups is 6. The number of ether oxygens (including phenoxy) is 1. The fourth-order valence-electron chi connectivity index (χ4n) is 5.13. The van der Waals surface area contributed by atoms with Crippen molar-refractivity contribution in [1.29, 1.82) is 0 Å². The molecule has 12 nitrogen and oxygen atoms in total. The average Bonchev–Trinajstić information content (AvgIpc) is 3.75. The molecule has 0 spiro atoms. The summed E-state index contributed by atoms with van der Waals surface area (Å²) in [7, 11) is 0. The Morgan fingerprint density at radius 1 is 0.981 bits per heavy atom. The highest BCUT2D eigenvalue weighted by Crippen LogP contribution is 2.39. The van der Waals surface area contributed by atoms with E-state index in [0.717, 1.165) is 18.4 Å². The maximum absolute atomic E-state index is 13.7. The third kappa shape index (κ3) is 17.2. The van der Waals surface area contributed by atoms with Gasteiger partial charge in [-0.2, -0.15) is 13.2 Å². The monoisotopic (exact) mass is 739 g/mol. The van der Waals surface area contributed by atoms with Gasteiger partial charge in [-0.05, 0) is 49.0 Å². The molecule has 0 bridgehead atoms. The van der Waals surface area contributed by atoms with Crippen LogP contribution in [0.2, 0.25) is 0 Å². The molecule has 292 valence electrons. The van der Waals surface area contributed by atoms with Gasteiger partial charge in [0, 0.05) is 19.5 Å². The Morgan fingerprint density at radius 2 is 1.62 bits per heavy atom. The molecule has 1 saturated heterocycles. The fraction of sp³-hybridized carbons (Fsp3) is 0.622. The van der Waals surface area contributed by atoms with Crippen molar-refractivity contribution in [1.82, 2.24) is 26.2 Å². The van der Waals surface area contributed by atoms with Crippen LogP contribution in [0, 0.1) is 11.3 Å². The van der Waals surface area contributed by atoms with Crippen LogP contribution < -0.4 is 21.3 Å². The largest absolute Gasteiger partial charge is 0.460 e. The van der Waals surface area contributed by atoms with Crippen LogP contribution in [-0.2, 0) is 35.3 Å². The Bertz CT molecular complexity index is 1330. The van der Waals surface area contributed by atoms with Crippen LogP contribution in [0.25, 0.3) is 0 Å². The number of nitrogens with zero attached hydrogens (tertiary/aromatic N) is 1. The first-order valence-electron chi connectivity index (χ1n) is 17.8. The van der Waals surface area contributed by atoms with E-state index in [0.29, 0.717) is 19.3 Å². The summed E-state index contributed by atoms with van der Waals surface area (Å²) in [6, 6.07) is 5.43. The van der Waals surface area contributed by atoms with Crippen molar-refractivity contribution in [2.45, 2.75) is 117 Å². The molecular formula is C37H56F3N5O7. The number of amides is 5. The van der Waals surface area contributed by atoms with Crippen molar-refractivity contribution in [3.8, 4) is 0 Å². The summed E-state index contributed by atoms with van der Waals surface area (Å²) in [5.74, 6) is -3.27. The fourth-order valence-corrected chi connectivity index (χ4v) is 5.13. The van der Waals surface area contributed by atoms with Crippen LogP contribution in [0.1, 0.15) is 92.1 Å². The van der Waals surface area contributed by atoms with Gasteiger partial charge in [0.05, 0.1) is 6.04 Å². The normalized spacial score (nSPS) is 16.3. The summed E-state index contributed by atoms with van der Waals surface area (Å²) in [5, 5.41) is 10.1. The molecule has 4 N–H and O–H groups in total. The maximum Gasteiger partial charge on any atom is 0.389 e. The SMILES string of the molecule is C=CCNC(=O)C(=O)C(CCC)NC(=O)C1CCCN1C(=O)C(NC(=O)NCC(=O)OCc1ccccc1)C(C)(C)C.CC.FC(F)(F)CC1CC1. The van der Waals surface area contributed by atoms with Crippen LogP contribution in [0.5, 0.6) is 0 Å². The van der Waals surface area contributed by atoms with Crippen molar-refractivity contribution in [2.75, 3.05) is 19.6 Å². The van der Waals surface area contributed by atoms with Crippen molar-refractivity contribution in [3.63, 3.8) is 0 Å². The molecule has 0 radical (unpaired) electrons. The highest BCUT2D eigenvalue weighted by molar-refractivity contribution is 6.38. The number of nitrogens with one attached hydrogen (secondary N) is 4. The zero-order valence-electron chi connectivity index (χ0n) is 31.2. The number of hydrogen-bond donors (Lipinski definition) is 4. The minimum Gasteiger partial charge on any atom is -0.460 e. The number of likely N-dealkylation sites (tertiary alicyclic amines) is 1. The van der Waals surface area contributed by atoms with E-state index in [1.807, 2.05) is 51.1 Å². The molecule has 1 heterocycles. The smallest absolute Gasteiger partial charge is 0.389 e. The lowest BCUT2D eigenvalue weighted by Gasteiger charge is -2.35. The lowest BCUT2D eigenvalue weighted by molar-refractivity contribution is -0.144. The molecule has 0 aromatic heterocycles. The molecule has 52 heavy (non-hydrogen) atoms. The van der Waals surface area contributed by atoms with Gasteiger partial charge in [-0.25, -0.2) is 4.79 Å². The van der Waals surface area contributed by atoms with E-state index < -0.39 is 78.2 Å². The number of ketones is 1. The van der Waals surface area contributed by atoms with E-state index >= 15 is 0 Å². The number of urea groups is 1. The topological polar surface area (TPSA) is 163 Å². The molecule has 2 fully saturated rings. The van der Waals surface area contributed by atoms with E-state index in [4.69, 9.17) is 4.74 Å². The van der Waals surface area contributed by atoms with Gasteiger partial charge in [0.15, 0.2) is 0 Å².